The van der Waals surface area contributed by atoms with E-state index in [1.165, 1.54) is 0 Å². The van der Waals surface area contributed by atoms with Crippen molar-refractivity contribution in [2.45, 2.75) is 32.4 Å². The zero-order valence-corrected chi connectivity index (χ0v) is 12.1. The number of methoxy groups -OCH3 is 1. The molecule has 2 atom stereocenters. The third-order valence-corrected chi connectivity index (χ3v) is 4.17. The maximum absolute atomic E-state index is 12.3. The van der Waals surface area contributed by atoms with Gasteiger partial charge in [-0.25, -0.2) is 0 Å². The van der Waals surface area contributed by atoms with Crippen LogP contribution in [0.4, 0.5) is 0 Å². The van der Waals surface area contributed by atoms with E-state index >= 15 is 0 Å². The maximum Gasteiger partial charge on any atom is 0.223 e. The van der Waals surface area contributed by atoms with Crippen molar-refractivity contribution >= 4 is 5.91 Å². The van der Waals surface area contributed by atoms with Gasteiger partial charge in [-0.15, -0.1) is 0 Å². The van der Waals surface area contributed by atoms with Gasteiger partial charge >= 0.3 is 0 Å². The number of carbonyl (C=O) groups is 1. The summed E-state index contributed by atoms with van der Waals surface area (Å²) in [5, 5.41) is 3.05. The number of rotatable bonds is 6. The Morgan fingerprint density at radius 2 is 2.10 bits per heavy atom. The molecule has 110 valence electrons. The van der Waals surface area contributed by atoms with Crippen molar-refractivity contribution in [2.24, 2.45) is 17.6 Å². The summed E-state index contributed by atoms with van der Waals surface area (Å²) < 4.78 is 5.18. The molecule has 1 aromatic rings. The lowest BCUT2D eigenvalue weighted by Crippen LogP contribution is -2.34. The van der Waals surface area contributed by atoms with E-state index in [9.17, 15) is 4.79 Å². The molecular formula is C16H24N2O2. The second-order valence-electron chi connectivity index (χ2n) is 5.45. The number of hydrogen-bond acceptors (Lipinski definition) is 3. The molecule has 0 aliphatic heterocycles. The number of hydrogen-bond donors (Lipinski definition) is 2. The highest BCUT2D eigenvalue weighted by Gasteiger charge is 2.31. The van der Waals surface area contributed by atoms with Crippen LogP contribution in [0.15, 0.2) is 24.3 Å². The summed E-state index contributed by atoms with van der Waals surface area (Å²) in [5.74, 6) is 0.587. The van der Waals surface area contributed by atoms with Gasteiger partial charge in [0.05, 0.1) is 6.61 Å². The summed E-state index contributed by atoms with van der Waals surface area (Å²) in [6.45, 7) is 1.74. The highest BCUT2D eigenvalue weighted by molar-refractivity contribution is 5.79. The van der Waals surface area contributed by atoms with Gasteiger partial charge < -0.3 is 15.8 Å². The van der Waals surface area contributed by atoms with E-state index in [4.69, 9.17) is 10.5 Å². The van der Waals surface area contributed by atoms with Crippen molar-refractivity contribution in [1.29, 1.82) is 0 Å². The van der Waals surface area contributed by atoms with Gasteiger partial charge in [-0.1, -0.05) is 30.7 Å². The van der Waals surface area contributed by atoms with Crippen molar-refractivity contribution in [3.05, 3.63) is 35.4 Å². The normalized spacial score (nSPS) is 21.9. The van der Waals surface area contributed by atoms with Gasteiger partial charge in [-0.05, 0) is 36.4 Å². The number of amides is 1. The Kier molecular flexibility index (Phi) is 5.56. The van der Waals surface area contributed by atoms with E-state index in [0.717, 1.165) is 30.4 Å². The monoisotopic (exact) mass is 276 g/mol. The molecule has 0 unspecified atom stereocenters. The van der Waals surface area contributed by atoms with Crippen molar-refractivity contribution in [2.75, 3.05) is 13.7 Å². The topological polar surface area (TPSA) is 64.3 Å². The minimum absolute atomic E-state index is 0.0922. The zero-order chi connectivity index (χ0) is 14.4. The van der Waals surface area contributed by atoms with Crippen LogP contribution in [0.5, 0.6) is 0 Å². The second kappa shape index (κ2) is 7.41. The lowest BCUT2D eigenvalue weighted by molar-refractivity contribution is -0.126. The van der Waals surface area contributed by atoms with Crippen LogP contribution in [-0.4, -0.2) is 19.6 Å². The molecule has 0 saturated heterocycles. The van der Waals surface area contributed by atoms with Gasteiger partial charge in [-0.3, -0.25) is 4.79 Å². The molecule has 2 rings (SSSR count). The summed E-state index contributed by atoms with van der Waals surface area (Å²) in [6.07, 6.45) is 3.16. The van der Waals surface area contributed by atoms with Crippen LogP contribution in [-0.2, 0) is 22.7 Å². The molecule has 1 aromatic carbocycles. The van der Waals surface area contributed by atoms with E-state index in [-0.39, 0.29) is 11.8 Å². The molecule has 1 aliphatic carbocycles. The quantitative estimate of drug-likeness (QED) is 0.833. The molecule has 1 saturated carbocycles. The highest BCUT2D eigenvalue weighted by Crippen LogP contribution is 2.31. The van der Waals surface area contributed by atoms with Crippen LogP contribution in [0, 0.1) is 11.8 Å². The summed E-state index contributed by atoms with van der Waals surface area (Å²) >= 11 is 0. The van der Waals surface area contributed by atoms with E-state index < -0.39 is 0 Å². The molecule has 1 aliphatic rings. The number of ether oxygens (including phenoxy) is 1. The predicted molar refractivity (Wildman–Crippen MR) is 78.9 cm³/mol. The highest BCUT2D eigenvalue weighted by atomic mass is 16.5. The Labute approximate surface area is 120 Å². The molecule has 4 nitrogen and oxygen atoms in total. The standard InChI is InChI=1S/C16H24N2O2/c1-20-11-14-6-3-2-5-13(14)10-18-16(19)15-8-4-7-12(15)9-17/h2-3,5-6,12,15H,4,7-11,17H2,1H3,(H,18,19)/t12-,15-/m1/s1. The fourth-order valence-corrected chi connectivity index (χ4v) is 3.00. The summed E-state index contributed by atoms with van der Waals surface area (Å²) in [4.78, 5) is 12.3. The minimum Gasteiger partial charge on any atom is -0.380 e. The number of nitrogens with two attached hydrogens (primary N) is 1. The average molecular weight is 276 g/mol. The molecule has 0 spiro atoms. The minimum atomic E-state index is 0.0922. The molecule has 0 heterocycles. The third kappa shape index (κ3) is 3.58. The van der Waals surface area contributed by atoms with E-state index in [2.05, 4.69) is 5.32 Å². The van der Waals surface area contributed by atoms with Gasteiger partial charge in [0.15, 0.2) is 0 Å². The van der Waals surface area contributed by atoms with Crippen LogP contribution in [0.25, 0.3) is 0 Å². The molecule has 0 aromatic heterocycles. The van der Waals surface area contributed by atoms with Gasteiger partial charge in [0, 0.05) is 19.6 Å². The Balaban J connectivity index is 1.93. The van der Waals surface area contributed by atoms with Gasteiger partial charge in [0.25, 0.3) is 0 Å². The lowest BCUT2D eigenvalue weighted by Gasteiger charge is -2.18. The van der Waals surface area contributed by atoms with Crippen LogP contribution >= 0.6 is 0 Å². The number of carbonyl (C=O) groups excluding carboxylic acids is 1. The number of benzene rings is 1. The molecule has 20 heavy (non-hydrogen) atoms. The fraction of sp³-hybridized carbons (Fsp3) is 0.562. The zero-order valence-electron chi connectivity index (χ0n) is 12.1. The molecule has 3 N–H and O–H groups in total. The van der Waals surface area contributed by atoms with E-state index in [1.54, 1.807) is 7.11 Å². The Morgan fingerprint density at radius 1 is 1.35 bits per heavy atom. The SMILES string of the molecule is COCc1ccccc1CNC(=O)[C@@H]1CCC[C@@H]1CN. The Bertz CT molecular complexity index is 448. The Morgan fingerprint density at radius 3 is 2.80 bits per heavy atom. The maximum atomic E-state index is 12.3. The molecule has 0 bridgehead atoms. The summed E-state index contributed by atoms with van der Waals surface area (Å²) in [7, 11) is 1.68. The smallest absolute Gasteiger partial charge is 0.223 e. The van der Waals surface area contributed by atoms with Crippen LogP contribution in [0.2, 0.25) is 0 Å². The lowest BCUT2D eigenvalue weighted by atomic mass is 9.95. The van der Waals surface area contributed by atoms with Crippen molar-refractivity contribution in [3.8, 4) is 0 Å². The largest absolute Gasteiger partial charge is 0.380 e. The van der Waals surface area contributed by atoms with Crippen molar-refractivity contribution in [3.63, 3.8) is 0 Å². The molecule has 1 amide bonds. The second-order valence-corrected chi connectivity index (χ2v) is 5.45. The first-order valence-corrected chi connectivity index (χ1v) is 7.29. The number of nitrogens with one attached hydrogen (secondary N) is 1. The van der Waals surface area contributed by atoms with Gasteiger partial charge in [0.1, 0.15) is 0 Å². The van der Waals surface area contributed by atoms with Crippen LogP contribution in [0.1, 0.15) is 30.4 Å². The first kappa shape index (κ1) is 15.0. The van der Waals surface area contributed by atoms with Crippen molar-refractivity contribution in [1.82, 2.24) is 5.32 Å². The van der Waals surface area contributed by atoms with E-state index in [1.807, 2.05) is 24.3 Å². The first-order chi connectivity index (χ1) is 9.76. The summed E-state index contributed by atoms with van der Waals surface area (Å²) in [5.41, 5.74) is 7.97. The fourth-order valence-electron chi connectivity index (χ4n) is 3.00. The van der Waals surface area contributed by atoms with E-state index in [0.29, 0.717) is 25.6 Å². The van der Waals surface area contributed by atoms with Gasteiger partial charge in [0.2, 0.25) is 5.91 Å². The molecule has 1 fully saturated rings. The van der Waals surface area contributed by atoms with Crippen LogP contribution in [0.3, 0.4) is 0 Å². The summed E-state index contributed by atoms with van der Waals surface area (Å²) in [6, 6.07) is 8.03. The Hall–Kier alpha value is -1.39. The average Bonchev–Trinajstić information content (AvgIpc) is 2.95. The van der Waals surface area contributed by atoms with Crippen molar-refractivity contribution < 1.29 is 9.53 Å². The predicted octanol–water partition coefficient (Wildman–Crippen LogP) is 1.82. The first-order valence-electron chi connectivity index (χ1n) is 7.29. The van der Waals surface area contributed by atoms with Gasteiger partial charge in [-0.2, -0.15) is 0 Å². The molecular weight excluding hydrogens is 252 g/mol. The molecule has 0 radical (unpaired) electrons. The molecule has 4 heteroatoms. The third-order valence-electron chi connectivity index (χ3n) is 4.17. The van der Waals surface area contributed by atoms with Crippen LogP contribution < -0.4 is 11.1 Å².